The van der Waals surface area contributed by atoms with Gasteiger partial charge in [0.1, 0.15) is 17.2 Å². The van der Waals surface area contributed by atoms with Gasteiger partial charge in [0, 0.05) is 11.6 Å². The van der Waals surface area contributed by atoms with Gasteiger partial charge in [0.2, 0.25) is 5.78 Å². The van der Waals surface area contributed by atoms with Gasteiger partial charge in [-0.3, -0.25) is 9.59 Å². The molecule has 2 N–H and O–H groups in total. The lowest BCUT2D eigenvalue weighted by atomic mass is 10.0. The first-order valence-corrected chi connectivity index (χ1v) is 8.21. The number of ether oxygens (including phenoxy) is 3. The van der Waals surface area contributed by atoms with Gasteiger partial charge in [-0.15, -0.1) is 0 Å². The molecular formula is C20H19NO5. The second-order valence-corrected chi connectivity index (χ2v) is 5.78. The van der Waals surface area contributed by atoms with E-state index in [9.17, 15) is 9.59 Å². The summed E-state index contributed by atoms with van der Waals surface area (Å²) in [4.78, 5) is 23.6. The van der Waals surface area contributed by atoms with Gasteiger partial charge in [-0.05, 0) is 37.6 Å². The van der Waals surface area contributed by atoms with E-state index in [4.69, 9.17) is 19.9 Å². The predicted octanol–water partition coefficient (Wildman–Crippen LogP) is 2.87. The number of nitrogens with two attached hydrogens (primary N) is 1. The van der Waals surface area contributed by atoms with E-state index >= 15 is 0 Å². The minimum absolute atomic E-state index is 0.203. The highest BCUT2D eigenvalue weighted by atomic mass is 16.5. The first kappa shape index (κ1) is 17.5. The first-order valence-electron chi connectivity index (χ1n) is 8.21. The first-order chi connectivity index (χ1) is 12.5. The van der Waals surface area contributed by atoms with Crippen LogP contribution in [0.5, 0.6) is 17.2 Å². The maximum Gasteiger partial charge on any atom is 0.255 e. The Labute approximate surface area is 151 Å². The number of rotatable bonds is 6. The average Bonchev–Trinajstić information content (AvgIpc) is 2.91. The predicted molar refractivity (Wildman–Crippen MR) is 96.4 cm³/mol. The highest BCUT2D eigenvalue weighted by Gasteiger charge is 2.30. The largest absolute Gasteiger partial charge is 0.493 e. The smallest absolute Gasteiger partial charge is 0.255 e. The molecule has 6 nitrogen and oxygen atoms in total. The van der Waals surface area contributed by atoms with Crippen molar-refractivity contribution in [2.45, 2.75) is 13.8 Å². The molecule has 0 bridgehead atoms. The summed E-state index contributed by atoms with van der Waals surface area (Å²) < 4.78 is 16.6. The molecule has 6 heteroatoms. The fraction of sp³-hybridized carbons (Fsp3) is 0.200. The maximum atomic E-state index is 12.7. The quantitative estimate of drug-likeness (QED) is 0.807. The Bertz CT molecular complexity index is 901. The zero-order chi connectivity index (χ0) is 18.7. The Balaban J connectivity index is 1.92. The summed E-state index contributed by atoms with van der Waals surface area (Å²) >= 11 is 0. The Hall–Kier alpha value is -3.28. The number of Topliss-reactive ketones (excluding diaryl/α,β-unsaturated/α-hetero) is 1. The highest BCUT2D eigenvalue weighted by Crippen LogP contribution is 2.38. The molecule has 1 amide bonds. The maximum absolute atomic E-state index is 12.7. The van der Waals surface area contributed by atoms with Crippen molar-refractivity contribution in [3.05, 3.63) is 58.8 Å². The lowest BCUT2D eigenvalue weighted by molar-refractivity contribution is -0.119. The second-order valence-electron chi connectivity index (χ2n) is 5.78. The van der Waals surface area contributed by atoms with E-state index in [0.717, 1.165) is 5.56 Å². The minimum Gasteiger partial charge on any atom is -0.493 e. The molecule has 2 aromatic rings. The summed E-state index contributed by atoms with van der Waals surface area (Å²) in [7, 11) is 0. The Morgan fingerprint density at radius 1 is 1.23 bits per heavy atom. The van der Waals surface area contributed by atoms with Crippen LogP contribution in [-0.4, -0.2) is 24.9 Å². The molecule has 0 aromatic heterocycles. The van der Waals surface area contributed by atoms with Crippen molar-refractivity contribution in [3.63, 3.8) is 0 Å². The van der Waals surface area contributed by atoms with Crippen molar-refractivity contribution in [1.82, 2.24) is 0 Å². The van der Waals surface area contributed by atoms with E-state index in [1.54, 1.807) is 25.1 Å². The third-order valence-electron chi connectivity index (χ3n) is 3.83. The van der Waals surface area contributed by atoms with E-state index < -0.39 is 5.91 Å². The van der Waals surface area contributed by atoms with Gasteiger partial charge in [0.05, 0.1) is 12.2 Å². The molecule has 3 rings (SSSR count). The number of fused-ring (bicyclic) bond motifs is 1. The number of primary amides is 1. The van der Waals surface area contributed by atoms with Gasteiger partial charge in [-0.2, -0.15) is 0 Å². The second kappa shape index (κ2) is 7.31. The van der Waals surface area contributed by atoms with Crippen molar-refractivity contribution < 1.29 is 23.8 Å². The number of ketones is 1. The van der Waals surface area contributed by atoms with Crippen LogP contribution in [0.1, 0.15) is 28.4 Å². The molecule has 134 valence electrons. The van der Waals surface area contributed by atoms with Crippen LogP contribution in [0.15, 0.2) is 42.2 Å². The van der Waals surface area contributed by atoms with Crippen LogP contribution in [0.2, 0.25) is 0 Å². The van der Waals surface area contributed by atoms with E-state index in [2.05, 4.69) is 0 Å². The van der Waals surface area contributed by atoms with Crippen LogP contribution < -0.4 is 19.9 Å². The summed E-state index contributed by atoms with van der Waals surface area (Å²) in [5, 5.41) is 0. The zero-order valence-electron chi connectivity index (χ0n) is 14.6. The Morgan fingerprint density at radius 3 is 2.73 bits per heavy atom. The van der Waals surface area contributed by atoms with Crippen LogP contribution in [0.3, 0.4) is 0 Å². The molecule has 0 aliphatic carbocycles. The molecule has 0 atom stereocenters. The summed E-state index contributed by atoms with van der Waals surface area (Å²) in [6, 6.07) is 10.7. The third-order valence-corrected chi connectivity index (χ3v) is 3.83. The average molecular weight is 353 g/mol. The summed E-state index contributed by atoms with van der Waals surface area (Å²) in [5.41, 5.74) is 7.03. The van der Waals surface area contributed by atoms with Gasteiger partial charge in [0.25, 0.3) is 5.91 Å². The molecule has 0 saturated carbocycles. The number of benzene rings is 2. The van der Waals surface area contributed by atoms with Crippen molar-refractivity contribution in [3.8, 4) is 17.2 Å². The highest BCUT2D eigenvalue weighted by molar-refractivity contribution is 6.15. The molecule has 26 heavy (non-hydrogen) atoms. The van der Waals surface area contributed by atoms with Gasteiger partial charge >= 0.3 is 0 Å². The molecule has 2 aromatic carbocycles. The topological polar surface area (TPSA) is 87.8 Å². The molecule has 0 unspecified atom stereocenters. The minimum atomic E-state index is -0.576. The summed E-state index contributed by atoms with van der Waals surface area (Å²) in [5.74, 6) is 0.927. The zero-order valence-corrected chi connectivity index (χ0v) is 14.6. The van der Waals surface area contributed by atoms with Crippen molar-refractivity contribution in [2.75, 3.05) is 13.2 Å². The number of amides is 1. The number of allylic oxidation sites excluding steroid dienone is 1. The molecular weight excluding hydrogens is 334 g/mol. The molecule has 0 saturated heterocycles. The monoisotopic (exact) mass is 353 g/mol. The van der Waals surface area contributed by atoms with E-state index in [0.29, 0.717) is 35.0 Å². The number of hydrogen-bond acceptors (Lipinski definition) is 5. The third kappa shape index (κ3) is 3.54. The normalized spacial score (nSPS) is 14.1. The molecule has 0 spiro atoms. The summed E-state index contributed by atoms with van der Waals surface area (Å²) in [6.07, 6.45) is 1.66. The van der Waals surface area contributed by atoms with Crippen LogP contribution in [0, 0.1) is 6.92 Å². The number of para-hydroxylation sites is 1. The number of aryl methyl sites for hydroxylation is 1. The lowest BCUT2D eigenvalue weighted by Gasteiger charge is -2.07. The van der Waals surface area contributed by atoms with Crippen LogP contribution in [-0.2, 0) is 4.79 Å². The fourth-order valence-corrected chi connectivity index (χ4v) is 2.74. The van der Waals surface area contributed by atoms with Crippen molar-refractivity contribution in [2.24, 2.45) is 5.73 Å². The molecule has 1 aliphatic heterocycles. The Kier molecular flexibility index (Phi) is 4.93. The SMILES string of the molecule is CCOc1ccccc1/C=C1\Oc2cc(OCC(N)=O)cc(C)c2C1=O. The van der Waals surface area contributed by atoms with E-state index in [-0.39, 0.29) is 18.1 Å². The Morgan fingerprint density at radius 2 is 2.00 bits per heavy atom. The van der Waals surface area contributed by atoms with Gasteiger partial charge < -0.3 is 19.9 Å². The molecule has 0 radical (unpaired) electrons. The van der Waals surface area contributed by atoms with Crippen LogP contribution >= 0.6 is 0 Å². The van der Waals surface area contributed by atoms with Crippen molar-refractivity contribution >= 4 is 17.8 Å². The van der Waals surface area contributed by atoms with Crippen LogP contribution in [0.25, 0.3) is 6.08 Å². The number of carbonyl (C=O) groups is 2. The molecule has 1 aliphatic rings. The van der Waals surface area contributed by atoms with Gasteiger partial charge in [-0.25, -0.2) is 0 Å². The fourth-order valence-electron chi connectivity index (χ4n) is 2.74. The van der Waals surface area contributed by atoms with Gasteiger partial charge in [0.15, 0.2) is 12.4 Å². The van der Waals surface area contributed by atoms with E-state index in [1.165, 1.54) is 0 Å². The van der Waals surface area contributed by atoms with Crippen LogP contribution in [0.4, 0.5) is 0 Å². The molecule has 0 fully saturated rings. The summed E-state index contributed by atoms with van der Waals surface area (Å²) in [6.45, 7) is 3.97. The standard InChI is InChI=1S/C20H19NO5/c1-3-24-15-7-5-4-6-13(15)9-17-20(23)19-12(2)8-14(10-16(19)26-17)25-11-18(21)22/h4-10H,3,11H2,1-2H3,(H2,21,22)/b17-9-. The molecule has 1 heterocycles. The number of hydrogen-bond donors (Lipinski definition) is 1. The van der Waals surface area contributed by atoms with E-state index in [1.807, 2.05) is 31.2 Å². The number of carbonyl (C=O) groups excluding carboxylic acids is 2. The lowest BCUT2D eigenvalue weighted by Crippen LogP contribution is -2.20. The van der Waals surface area contributed by atoms with Gasteiger partial charge in [-0.1, -0.05) is 18.2 Å². The van der Waals surface area contributed by atoms with Crippen molar-refractivity contribution in [1.29, 1.82) is 0 Å².